The number of rotatable bonds is 9. The fourth-order valence-electron chi connectivity index (χ4n) is 3.74. The van der Waals surface area contributed by atoms with Crippen LogP contribution in [0.1, 0.15) is 34.0 Å². The molecule has 0 radical (unpaired) electrons. The predicted octanol–water partition coefficient (Wildman–Crippen LogP) is 4.77. The van der Waals surface area contributed by atoms with E-state index in [9.17, 15) is 14.3 Å². The number of hydrogen-bond acceptors (Lipinski definition) is 5. The van der Waals surface area contributed by atoms with E-state index in [1.165, 1.54) is 30.5 Å². The summed E-state index contributed by atoms with van der Waals surface area (Å²) in [6, 6.07) is 25.2. The number of nitrogens with one attached hydrogen (secondary N) is 1. The van der Waals surface area contributed by atoms with E-state index in [4.69, 9.17) is 4.98 Å². The fourth-order valence-corrected chi connectivity index (χ4v) is 3.74. The quantitative estimate of drug-likeness (QED) is 0.368. The Bertz CT molecular complexity index is 1250. The maximum atomic E-state index is 13.1. The minimum absolute atomic E-state index is 0.237. The van der Waals surface area contributed by atoms with Gasteiger partial charge in [-0.1, -0.05) is 72.8 Å². The van der Waals surface area contributed by atoms with Gasteiger partial charge in [0.25, 0.3) is 5.91 Å². The number of anilines is 1. The van der Waals surface area contributed by atoms with Gasteiger partial charge in [-0.3, -0.25) is 4.79 Å². The van der Waals surface area contributed by atoms with Crippen molar-refractivity contribution in [2.24, 2.45) is 0 Å². The molecule has 0 saturated carbocycles. The van der Waals surface area contributed by atoms with Crippen molar-refractivity contribution >= 4 is 11.9 Å². The Balaban J connectivity index is 1.49. The van der Waals surface area contributed by atoms with Crippen LogP contribution in [-0.2, 0) is 6.54 Å². The summed E-state index contributed by atoms with van der Waals surface area (Å²) in [7, 11) is 1.91. The smallest absolute Gasteiger partial charge is 0.255 e. The first-order chi connectivity index (χ1) is 17.0. The fraction of sp³-hybridized carbons (Fsp3) is 0.179. The van der Waals surface area contributed by atoms with Crippen LogP contribution in [-0.4, -0.2) is 34.6 Å². The Kier molecular flexibility index (Phi) is 7.80. The van der Waals surface area contributed by atoms with Crippen molar-refractivity contribution in [1.29, 1.82) is 0 Å². The third-order valence-corrected chi connectivity index (χ3v) is 5.63. The molecule has 0 fully saturated rings. The SMILES string of the molecule is CN(Cc1ccccc1)c1ncc(C(=O)NCCC(O)c2ccc(F)cc2)c(-c2ccccc2)n1. The summed E-state index contributed by atoms with van der Waals surface area (Å²) in [5.74, 6) is -0.177. The molecule has 4 aromatic rings. The maximum Gasteiger partial charge on any atom is 0.255 e. The molecule has 0 spiro atoms. The summed E-state index contributed by atoms with van der Waals surface area (Å²) in [4.78, 5) is 24.1. The molecule has 1 aromatic heterocycles. The van der Waals surface area contributed by atoms with Crippen LogP contribution in [0.2, 0.25) is 0 Å². The van der Waals surface area contributed by atoms with Crippen molar-refractivity contribution in [2.75, 3.05) is 18.5 Å². The number of nitrogens with zero attached hydrogens (tertiary/aromatic N) is 3. The molecule has 1 amide bonds. The largest absolute Gasteiger partial charge is 0.388 e. The van der Waals surface area contributed by atoms with E-state index in [0.717, 1.165) is 11.1 Å². The van der Waals surface area contributed by atoms with E-state index in [2.05, 4.69) is 10.3 Å². The number of benzene rings is 3. The average Bonchev–Trinajstić information content (AvgIpc) is 2.89. The normalized spacial score (nSPS) is 11.6. The van der Waals surface area contributed by atoms with Crippen LogP contribution in [0.25, 0.3) is 11.3 Å². The number of amides is 1. The van der Waals surface area contributed by atoms with Crippen molar-refractivity contribution in [2.45, 2.75) is 19.1 Å². The lowest BCUT2D eigenvalue weighted by Crippen LogP contribution is -2.27. The molecule has 0 aliphatic carbocycles. The number of carbonyl (C=O) groups is 1. The summed E-state index contributed by atoms with van der Waals surface area (Å²) in [5, 5.41) is 13.2. The number of aliphatic hydroxyl groups is 1. The summed E-state index contributed by atoms with van der Waals surface area (Å²) >= 11 is 0. The highest BCUT2D eigenvalue weighted by Crippen LogP contribution is 2.24. The summed E-state index contributed by atoms with van der Waals surface area (Å²) in [6.07, 6.45) is 1.02. The highest BCUT2D eigenvalue weighted by molar-refractivity contribution is 5.99. The first kappa shape index (κ1) is 24.0. The molecule has 7 heteroatoms. The van der Waals surface area contributed by atoms with Gasteiger partial charge in [0.15, 0.2) is 0 Å². The third kappa shape index (κ3) is 6.28. The minimum atomic E-state index is -0.810. The molecule has 1 heterocycles. The van der Waals surface area contributed by atoms with E-state index in [1.807, 2.05) is 72.6 Å². The van der Waals surface area contributed by atoms with E-state index in [0.29, 0.717) is 29.3 Å². The van der Waals surface area contributed by atoms with Crippen LogP contribution >= 0.6 is 0 Å². The number of aromatic nitrogens is 2. The lowest BCUT2D eigenvalue weighted by atomic mass is 10.1. The summed E-state index contributed by atoms with van der Waals surface area (Å²) in [5.41, 5.74) is 3.42. The van der Waals surface area contributed by atoms with E-state index in [-0.39, 0.29) is 24.7 Å². The Labute approximate surface area is 204 Å². The predicted molar refractivity (Wildman–Crippen MR) is 134 cm³/mol. The molecule has 35 heavy (non-hydrogen) atoms. The second-order valence-electron chi connectivity index (χ2n) is 8.25. The van der Waals surface area contributed by atoms with E-state index in [1.54, 1.807) is 0 Å². The molecule has 1 unspecified atom stereocenters. The molecular formula is C28H27FN4O2. The van der Waals surface area contributed by atoms with Gasteiger partial charge >= 0.3 is 0 Å². The van der Waals surface area contributed by atoms with Crippen LogP contribution in [0.5, 0.6) is 0 Å². The lowest BCUT2D eigenvalue weighted by Gasteiger charge is -2.19. The minimum Gasteiger partial charge on any atom is -0.388 e. The zero-order valence-corrected chi connectivity index (χ0v) is 19.4. The zero-order chi connectivity index (χ0) is 24.6. The van der Waals surface area contributed by atoms with Crippen LogP contribution in [0.3, 0.4) is 0 Å². The number of hydrogen-bond donors (Lipinski definition) is 2. The van der Waals surface area contributed by atoms with Crippen molar-refractivity contribution in [3.63, 3.8) is 0 Å². The second kappa shape index (κ2) is 11.4. The van der Waals surface area contributed by atoms with E-state index < -0.39 is 6.10 Å². The Morgan fingerprint density at radius 3 is 2.34 bits per heavy atom. The molecule has 0 aliphatic heterocycles. The van der Waals surface area contributed by atoms with E-state index >= 15 is 0 Å². The van der Waals surface area contributed by atoms with Gasteiger partial charge in [0, 0.05) is 31.9 Å². The zero-order valence-electron chi connectivity index (χ0n) is 19.4. The van der Waals surface area contributed by atoms with Gasteiger partial charge in [-0.25, -0.2) is 14.4 Å². The molecule has 3 aromatic carbocycles. The summed E-state index contributed by atoms with van der Waals surface area (Å²) < 4.78 is 13.1. The topological polar surface area (TPSA) is 78.4 Å². The standard InChI is InChI=1S/C28H27FN4O2/c1-33(19-20-8-4-2-5-9-20)28-31-18-24(26(32-28)22-10-6-3-7-11-22)27(35)30-17-16-25(34)21-12-14-23(29)15-13-21/h2-15,18,25,34H,16-17,19H2,1H3,(H,30,35). The number of aliphatic hydroxyl groups excluding tert-OH is 1. The first-order valence-electron chi connectivity index (χ1n) is 11.4. The van der Waals surface area contributed by atoms with Crippen molar-refractivity contribution in [1.82, 2.24) is 15.3 Å². The van der Waals surface area contributed by atoms with Gasteiger partial charge < -0.3 is 15.3 Å². The number of carbonyl (C=O) groups excluding carboxylic acids is 1. The lowest BCUT2D eigenvalue weighted by molar-refractivity contribution is 0.0942. The Morgan fingerprint density at radius 1 is 1.00 bits per heavy atom. The average molecular weight is 471 g/mol. The van der Waals surface area contributed by atoms with Crippen molar-refractivity contribution in [3.05, 3.63) is 114 Å². The molecule has 178 valence electrons. The third-order valence-electron chi connectivity index (χ3n) is 5.63. The second-order valence-corrected chi connectivity index (χ2v) is 8.25. The first-order valence-corrected chi connectivity index (χ1v) is 11.4. The summed E-state index contributed by atoms with van der Waals surface area (Å²) in [6.45, 7) is 0.864. The number of halogens is 1. The van der Waals surface area contributed by atoms with Crippen molar-refractivity contribution in [3.8, 4) is 11.3 Å². The van der Waals surface area contributed by atoms with Crippen molar-refractivity contribution < 1.29 is 14.3 Å². The van der Waals surface area contributed by atoms with Gasteiger partial charge in [0.05, 0.1) is 17.4 Å². The van der Waals surface area contributed by atoms with Gasteiger partial charge in [-0.05, 0) is 29.7 Å². The van der Waals surface area contributed by atoms with Gasteiger partial charge in [-0.2, -0.15) is 0 Å². The van der Waals surface area contributed by atoms with Crippen LogP contribution < -0.4 is 10.2 Å². The molecule has 0 saturated heterocycles. The highest BCUT2D eigenvalue weighted by atomic mass is 19.1. The highest BCUT2D eigenvalue weighted by Gasteiger charge is 2.18. The van der Waals surface area contributed by atoms with Crippen LogP contribution in [0.4, 0.5) is 10.3 Å². The van der Waals surface area contributed by atoms with Gasteiger partial charge in [0.2, 0.25) is 5.95 Å². The van der Waals surface area contributed by atoms with Crippen LogP contribution in [0.15, 0.2) is 91.1 Å². The molecular weight excluding hydrogens is 443 g/mol. The van der Waals surface area contributed by atoms with Gasteiger partial charge in [-0.15, -0.1) is 0 Å². The Morgan fingerprint density at radius 2 is 1.66 bits per heavy atom. The molecule has 1 atom stereocenters. The molecule has 0 bridgehead atoms. The molecule has 6 nitrogen and oxygen atoms in total. The van der Waals surface area contributed by atoms with Gasteiger partial charge in [0.1, 0.15) is 5.82 Å². The Hall–Kier alpha value is -4.10. The van der Waals surface area contributed by atoms with Crippen LogP contribution in [0, 0.1) is 5.82 Å². The molecule has 4 rings (SSSR count). The monoisotopic (exact) mass is 470 g/mol. The maximum absolute atomic E-state index is 13.1. The molecule has 2 N–H and O–H groups in total. The molecule has 0 aliphatic rings.